The number of nitrogen functional groups attached to an aromatic ring is 4. The molecule has 0 aromatic carbocycles. The molecule has 10 aromatic heterocycles. The third-order valence-corrected chi connectivity index (χ3v) is 25.5. The Morgan fingerprint density at radius 1 is 0.385 bits per heavy atom. The number of imidazole rings is 4. The smallest absolute Gasteiger partial charge is 0.394 e. The first kappa shape index (κ1) is 86.3. The van der Waals surface area contributed by atoms with Gasteiger partial charge in [-0.3, -0.25) is 102 Å². The highest BCUT2D eigenvalue weighted by molar-refractivity contribution is 7.48. The van der Waals surface area contributed by atoms with Gasteiger partial charge in [-0.05, 0) is 13.8 Å². The first-order valence-corrected chi connectivity index (χ1v) is 44.0. The van der Waals surface area contributed by atoms with Gasteiger partial charge >= 0.3 is 50.5 Å². The molecule has 62 heteroatoms. The van der Waals surface area contributed by atoms with Crippen LogP contribution in [0, 0.1) is 13.8 Å². The number of nitrogens with one attached hydrogen (secondary N) is 3. The molecule has 6 fully saturated rings. The van der Waals surface area contributed by atoms with Crippen molar-refractivity contribution in [1.82, 2.24) is 97.2 Å². The van der Waals surface area contributed by atoms with E-state index in [1.807, 2.05) is 0 Å². The minimum atomic E-state index is -5.62. The van der Waals surface area contributed by atoms with Crippen molar-refractivity contribution in [3.05, 3.63) is 120 Å². The summed E-state index contributed by atoms with van der Waals surface area (Å²) in [6.45, 7) is -2.96. The molecule has 0 radical (unpaired) electrons. The Kier molecular flexibility index (Phi) is 24.1. The van der Waals surface area contributed by atoms with Crippen molar-refractivity contribution < 1.29 is 131 Å². The first-order valence-electron chi connectivity index (χ1n) is 36.6. The van der Waals surface area contributed by atoms with Crippen molar-refractivity contribution >= 4 is 107 Å². The van der Waals surface area contributed by atoms with Gasteiger partial charge in [-0.25, -0.2) is 82.3 Å². The van der Waals surface area contributed by atoms with Gasteiger partial charge in [0.1, 0.15) is 140 Å². The van der Waals surface area contributed by atoms with E-state index in [0.717, 1.165) is 34.3 Å². The predicted octanol–water partition coefficient (Wildman–Crippen LogP) is -1.73. The van der Waals surface area contributed by atoms with Crippen molar-refractivity contribution in [3.8, 4) is 0 Å². The summed E-state index contributed by atoms with van der Waals surface area (Å²) in [6.07, 6.45) is -18.1. The molecular weight excluding hydrogens is 1740 g/mol. The van der Waals surface area contributed by atoms with E-state index in [-0.39, 0.29) is 98.4 Å². The molecule has 0 spiro atoms. The summed E-state index contributed by atoms with van der Waals surface area (Å²) in [7, 11) is -27.3. The van der Waals surface area contributed by atoms with Crippen LogP contribution in [0.4, 0.5) is 23.4 Å². The van der Waals surface area contributed by atoms with E-state index in [1.165, 1.54) is 63.6 Å². The van der Waals surface area contributed by atoms with E-state index in [4.69, 9.17) is 96.6 Å². The van der Waals surface area contributed by atoms with Crippen LogP contribution in [0.5, 0.6) is 0 Å². The summed E-state index contributed by atoms with van der Waals surface area (Å²) in [5.41, 5.74) is 20.3. The molecule has 6 aliphatic heterocycles. The van der Waals surface area contributed by atoms with Crippen LogP contribution in [0.15, 0.2) is 80.7 Å². The largest absolute Gasteiger partial charge is 0.472 e. The lowest BCUT2D eigenvalue weighted by molar-refractivity contribution is -0.0646. The second-order valence-corrected chi connectivity index (χ2v) is 35.5. The average Bonchev–Trinajstić information content (AvgIpc) is 1.64. The molecule has 16 heterocycles. The molecule has 10 aromatic rings. The third-order valence-electron chi connectivity index (χ3n) is 20.4. The Balaban J connectivity index is 0.609. The summed E-state index contributed by atoms with van der Waals surface area (Å²) in [4.78, 5) is 173. The Morgan fingerprint density at radius 2 is 0.672 bits per heavy atom. The standard InChI is InChI=1S/C60H75N24O33P5/c1-24-9-79(59(90)77-55(24)87)38-3-26(86)33(108-38)12-102-118(92,93)115-31-8-43(84-23-74-47-54(84)75-58(64)76-57(47)89)112-37(31)16-106-120(96,97)114-28-5-39(80-10-25(2)56(88)78-60(80)91)109-34(28)13-104-121(98,99)116-30-7-42(83-22-73-46-50(63)67-19-70-53(46)83)111-36(30)15-105-122(100,101)117-29-6-41(82-21-72-45-49(62)66-18-69-52(45)82)110-35(29)14-103-119(94,95)113-27-4-40(107-32(27)11-85)81-20-71-44-48(61)65-17-68-51(44)81/h9-10,17-23,26-43,85-86H,3-8,11-16H2,1-2H3,(H,92,93)(H,94,95)(H,96,97)(H,98,99)(H,100,101)(H2,61,65,68)(H2,62,66,69)(H2,63,67,70)(H,77,87,90)(H,78,88,91)(H3,64,75,76,89)/t26-,27-,28-,29-,30-,31-,32+,33+,34+,35+,36+,37+,38+,39+,40+,41+,42+,43+/m0/s1. The van der Waals surface area contributed by atoms with Gasteiger partial charge in [-0.2, -0.15) is 4.98 Å². The Hall–Kier alpha value is -9.21. The second kappa shape index (κ2) is 34.0. The summed E-state index contributed by atoms with van der Waals surface area (Å²) >= 11 is 0. The van der Waals surface area contributed by atoms with E-state index in [2.05, 4.69) is 69.8 Å². The van der Waals surface area contributed by atoms with Gasteiger partial charge in [0.05, 0.1) is 71.1 Å². The fraction of sp³-hybridized carbons (Fsp3) is 0.533. The fourth-order valence-corrected chi connectivity index (χ4v) is 19.4. The van der Waals surface area contributed by atoms with Crippen LogP contribution in [0.2, 0.25) is 0 Å². The lowest BCUT2D eigenvalue weighted by atomic mass is 10.2. The van der Waals surface area contributed by atoms with Gasteiger partial charge in [-0.15, -0.1) is 0 Å². The SMILES string of the molecule is Cc1cn([C@H]2C[C@H](OP(=O)(O)OC[C@H]3O[C@@H](n4cnc5c(=O)[nH]c(N)nc54)C[C@@H]3OP(=O)(O)OC[C@H]3O[C@@H](n4cc(C)c(=O)[nH]c4=O)C[C@@H]3O)[C@@H](COP(=O)(O)O[C@H]3C[C@H](n4cnc5c(N)ncnc54)O[C@@H]3COP(=O)(O)O[C@H]3C[C@H](n4cnc5c(N)ncnc54)O[C@@H]3COP(=O)(O)O[C@H]3C[C@H](n4cnc5c(N)ncnc54)O[C@@H]3CO)O2)c(=O)[nH]c1=O. The van der Waals surface area contributed by atoms with Gasteiger partial charge in [0, 0.05) is 62.0 Å². The van der Waals surface area contributed by atoms with E-state index in [9.17, 15) is 81.5 Å². The van der Waals surface area contributed by atoms with Crippen LogP contribution in [-0.2, 0) is 96.5 Å². The molecular formula is C60H75N24O33P5. The molecule has 122 heavy (non-hydrogen) atoms. The number of aliphatic hydroxyl groups excluding tert-OH is 2. The molecule has 0 saturated carbocycles. The van der Waals surface area contributed by atoms with Crippen LogP contribution in [0.1, 0.15) is 87.0 Å². The number of hydrogen-bond acceptors (Lipinski definition) is 43. The van der Waals surface area contributed by atoms with Crippen LogP contribution in [-0.4, -0.2) is 245 Å². The lowest BCUT2D eigenvalue weighted by Gasteiger charge is -2.26. The average molecular weight is 1820 g/mol. The number of fused-ring (bicyclic) bond motifs is 4. The Bertz CT molecular complexity index is 6210. The number of rotatable bonds is 32. The van der Waals surface area contributed by atoms with Crippen molar-refractivity contribution in [3.63, 3.8) is 0 Å². The highest BCUT2D eigenvalue weighted by Gasteiger charge is 2.52. The number of anilines is 4. The molecule has 23 atom stereocenters. The minimum absolute atomic E-state index is 0.0320. The zero-order chi connectivity index (χ0) is 86.4. The predicted molar refractivity (Wildman–Crippen MR) is 401 cm³/mol. The van der Waals surface area contributed by atoms with Gasteiger partial charge in [-0.1, -0.05) is 0 Å². The molecule has 18 N–H and O–H groups in total. The quantitative estimate of drug-likeness (QED) is 0.0208. The highest BCUT2D eigenvalue weighted by Crippen LogP contribution is 2.57. The number of H-pyrrole nitrogens is 3. The molecule has 658 valence electrons. The fourth-order valence-electron chi connectivity index (χ4n) is 14.6. The molecule has 0 amide bonds. The number of aryl methyl sites for hydroxylation is 2. The molecule has 0 bridgehead atoms. The number of aliphatic hydroxyl groups is 2. The zero-order valence-electron chi connectivity index (χ0n) is 63.0. The number of nitrogens with zero attached hydrogens (tertiary/aromatic N) is 17. The van der Waals surface area contributed by atoms with Crippen LogP contribution in [0.25, 0.3) is 44.7 Å². The van der Waals surface area contributed by atoms with E-state index < -0.39 is 237 Å². The molecule has 0 aliphatic carbocycles. The monoisotopic (exact) mass is 1810 g/mol. The van der Waals surface area contributed by atoms with Crippen LogP contribution >= 0.6 is 39.1 Å². The van der Waals surface area contributed by atoms with Crippen molar-refractivity contribution in [2.75, 3.05) is 62.6 Å². The summed E-state index contributed by atoms with van der Waals surface area (Å²) in [5.74, 6) is -0.411. The Morgan fingerprint density at radius 3 is 1.02 bits per heavy atom. The molecule has 6 aliphatic rings. The molecule has 16 rings (SSSR count). The summed E-state index contributed by atoms with van der Waals surface area (Å²) in [5, 5.41) is 21.2. The number of nitrogens with two attached hydrogens (primary N) is 4. The zero-order valence-corrected chi connectivity index (χ0v) is 67.4. The van der Waals surface area contributed by atoms with Crippen molar-refractivity contribution in [1.29, 1.82) is 0 Å². The number of hydrogen-bond donors (Lipinski definition) is 14. The maximum atomic E-state index is 14.5. The molecule has 57 nitrogen and oxygen atoms in total. The van der Waals surface area contributed by atoms with Gasteiger partial charge < -0.3 is 86.0 Å². The topological polar surface area (TPSA) is 783 Å². The van der Waals surface area contributed by atoms with Gasteiger partial charge in [0.25, 0.3) is 16.7 Å². The number of ether oxygens (including phenoxy) is 6. The van der Waals surface area contributed by atoms with Crippen LogP contribution in [0.3, 0.4) is 0 Å². The van der Waals surface area contributed by atoms with Crippen molar-refractivity contribution in [2.24, 2.45) is 0 Å². The van der Waals surface area contributed by atoms with E-state index in [0.29, 0.717) is 0 Å². The van der Waals surface area contributed by atoms with Gasteiger partial charge in [0.15, 0.2) is 45.6 Å². The third kappa shape index (κ3) is 18.3. The number of aromatic nitrogens is 20. The van der Waals surface area contributed by atoms with Crippen molar-refractivity contribution in [2.45, 2.75) is 163 Å². The minimum Gasteiger partial charge on any atom is -0.394 e. The normalized spacial score (nSPS) is 29.5. The van der Waals surface area contributed by atoms with E-state index >= 15 is 0 Å². The maximum absolute atomic E-state index is 14.5. The summed E-state index contributed by atoms with van der Waals surface area (Å²) < 4.78 is 170. The molecule has 6 saturated heterocycles. The Labute approximate surface area is 678 Å². The molecule has 5 unspecified atom stereocenters. The maximum Gasteiger partial charge on any atom is 0.472 e. The van der Waals surface area contributed by atoms with E-state index in [1.54, 1.807) is 0 Å². The highest BCUT2D eigenvalue weighted by atomic mass is 31.2. The number of aromatic amines is 3. The lowest BCUT2D eigenvalue weighted by Crippen LogP contribution is -2.33. The number of phosphoric acid groups is 5. The second-order valence-electron chi connectivity index (χ2n) is 28.5. The van der Waals surface area contributed by atoms with Gasteiger partial charge in [0.2, 0.25) is 5.95 Å². The first-order chi connectivity index (χ1) is 57.9. The summed E-state index contributed by atoms with van der Waals surface area (Å²) in [6, 6.07) is 0. The van der Waals surface area contributed by atoms with Crippen LogP contribution < -0.4 is 51.0 Å². The number of phosphoric ester groups is 5.